The maximum absolute atomic E-state index is 13.8. The maximum atomic E-state index is 13.8. The van der Waals surface area contributed by atoms with Crippen molar-refractivity contribution in [2.24, 2.45) is 0 Å². The molecule has 0 saturated carbocycles. The number of carbonyl (C=O) groups is 1. The molecule has 0 bridgehead atoms. The van der Waals surface area contributed by atoms with Crippen LogP contribution in [-0.2, 0) is 17.7 Å². The fourth-order valence-corrected chi connectivity index (χ4v) is 4.26. The van der Waals surface area contributed by atoms with Gasteiger partial charge in [-0.15, -0.1) is 0 Å². The normalized spacial score (nSPS) is 15.5. The topological polar surface area (TPSA) is 77.0 Å². The summed E-state index contributed by atoms with van der Waals surface area (Å²) in [5, 5.41) is 0. The number of rotatable bonds is 5. The van der Waals surface area contributed by atoms with Crippen LogP contribution in [0.3, 0.4) is 0 Å². The first-order chi connectivity index (χ1) is 17.0. The number of carbonyl (C=O) groups excluding carboxylic acids is 1. The molecule has 0 unspecified atom stereocenters. The Morgan fingerprint density at radius 3 is 2.66 bits per heavy atom. The van der Waals surface area contributed by atoms with Crippen LogP contribution >= 0.6 is 0 Å². The van der Waals surface area contributed by atoms with Crippen LogP contribution in [0, 0.1) is 12.7 Å². The van der Waals surface area contributed by atoms with E-state index in [1.165, 1.54) is 6.07 Å². The van der Waals surface area contributed by atoms with E-state index in [-0.39, 0.29) is 11.7 Å². The highest BCUT2D eigenvalue weighted by molar-refractivity contribution is 5.94. The smallest absolute Gasteiger partial charge is 0.254 e. The number of methoxy groups -OCH3 is 1. The van der Waals surface area contributed by atoms with E-state index in [4.69, 9.17) is 24.2 Å². The Bertz CT molecular complexity index is 1250. The second-order valence-electron chi connectivity index (χ2n) is 8.58. The number of hydrogen-bond donors (Lipinski definition) is 0. The van der Waals surface area contributed by atoms with Crippen molar-refractivity contribution in [2.75, 3.05) is 44.9 Å². The van der Waals surface area contributed by atoms with Crippen molar-refractivity contribution in [3.63, 3.8) is 0 Å². The highest BCUT2D eigenvalue weighted by atomic mass is 19.1. The minimum atomic E-state index is -0.300. The molecular weight excluding hydrogens is 451 g/mol. The Kier molecular flexibility index (Phi) is 6.50. The van der Waals surface area contributed by atoms with Crippen molar-refractivity contribution in [1.29, 1.82) is 0 Å². The molecule has 1 amide bonds. The van der Waals surface area contributed by atoms with E-state index in [1.807, 2.05) is 0 Å². The zero-order chi connectivity index (χ0) is 24.4. The van der Waals surface area contributed by atoms with Gasteiger partial charge in [-0.05, 0) is 48.9 Å². The van der Waals surface area contributed by atoms with Crippen LogP contribution in [0.15, 0.2) is 42.5 Å². The zero-order valence-electron chi connectivity index (χ0n) is 19.8. The van der Waals surface area contributed by atoms with Gasteiger partial charge in [0, 0.05) is 31.6 Å². The first kappa shape index (κ1) is 23.0. The molecule has 3 heterocycles. The van der Waals surface area contributed by atoms with Gasteiger partial charge in [0.25, 0.3) is 5.91 Å². The highest BCUT2D eigenvalue weighted by Gasteiger charge is 2.29. The molecule has 2 aromatic carbocycles. The molecule has 5 rings (SSSR count). The Hall–Kier alpha value is -3.72. The lowest BCUT2D eigenvalue weighted by Crippen LogP contribution is -2.39. The van der Waals surface area contributed by atoms with E-state index < -0.39 is 0 Å². The number of aromatic nitrogens is 2. The second-order valence-corrected chi connectivity index (χ2v) is 8.58. The van der Waals surface area contributed by atoms with Crippen molar-refractivity contribution in [3.05, 3.63) is 70.7 Å². The summed E-state index contributed by atoms with van der Waals surface area (Å²) < 4.78 is 30.7. The lowest BCUT2D eigenvalue weighted by atomic mass is 10.0. The van der Waals surface area contributed by atoms with Crippen molar-refractivity contribution in [1.82, 2.24) is 14.9 Å². The van der Waals surface area contributed by atoms with Crippen LogP contribution in [0.4, 0.5) is 10.3 Å². The average molecular weight is 479 g/mol. The van der Waals surface area contributed by atoms with Gasteiger partial charge in [-0.25, -0.2) is 9.37 Å². The number of halogens is 1. The van der Waals surface area contributed by atoms with Crippen molar-refractivity contribution in [3.8, 4) is 17.4 Å². The molecule has 2 aliphatic heterocycles. The van der Waals surface area contributed by atoms with Gasteiger partial charge in [0.15, 0.2) is 0 Å². The monoisotopic (exact) mass is 478 g/mol. The van der Waals surface area contributed by atoms with Gasteiger partial charge >= 0.3 is 0 Å². The Labute approximate surface area is 203 Å². The fourth-order valence-electron chi connectivity index (χ4n) is 4.26. The van der Waals surface area contributed by atoms with E-state index in [0.717, 1.165) is 11.3 Å². The van der Waals surface area contributed by atoms with E-state index in [0.29, 0.717) is 80.3 Å². The van der Waals surface area contributed by atoms with Gasteiger partial charge < -0.3 is 24.0 Å². The van der Waals surface area contributed by atoms with Crippen LogP contribution in [0.25, 0.3) is 0 Å². The molecule has 0 aliphatic carbocycles. The number of anilines is 1. The quantitative estimate of drug-likeness (QED) is 0.553. The number of benzene rings is 2. The summed E-state index contributed by atoms with van der Waals surface area (Å²) in [6.45, 7) is 5.11. The Morgan fingerprint density at radius 2 is 1.89 bits per heavy atom. The third-order valence-corrected chi connectivity index (χ3v) is 6.25. The molecule has 0 radical (unpaired) electrons. The lowest BCUT2D eigenvalue weighted by molar-refractivity contribution is 0.0731. The highest BCUT2D eigenvalue weighted by Crippen LogP contribution is 2.33. The lowest BCUT2D eigenvalue weighted by Gasteiger charge is -2.32. The number of amides is 1. The summed E-state index contributed by atoms with van der Waals surface area (Å²) in [6, 6.07) is 11.7. The first-order valence-electron chi connectivity index (χ1n) is 11.6. The molecular formula is C26H27FN4O4. The van der Waals surface area contributed by atoms with Gasteiger partial charge in [0.05, 0.1) is 38.1 Å². The van der Waals surface area contributed by atoms with Gasteiger partial charge in [-0.3, -0.25) is 4.79 Å². The van der Waals surface area contributed by atoms with Crippen LogP contribution < -0.4 is 14.4 Å². The molecule has 9 heteroatoms. The molecule has 35 heavy (non-hydrogen) atoms. The summed E-state index contributed by atoms with van der Waals surface area (Å²) in [7, 11) is 1.57. The van der Waals surface area contributed by atoms with Crippen LogP contribution in [0.2, 0.25) is 0 Å². The largest absolute Gasteiger partial charge is 0.497 e. The average Bonchev–Trinajstić information content (AvgIpc) is 2.90. The summed E-state index contributed by atoms with van der Waals surface area (Å²) >= 11 is 0. The van der Waals surface area contributed by atoms with Crippen molar-refractivity contribution < 1.29 is 23.4 Å². The van der Waals surface area contributed by atoms with E-state index in [1.54, 1.807) is 55.3 Å². The molecule has 2 aliphatic rings. The molecule has 3 aromatic rings. The molecule has 182 valence electrons. The predicted molar refractivity (Wildman–Crippen MR) is 128 cm³/mol. The predicted octanol–water partition coefficient (Wildman–Crippen LogP) is 3.76. The number of ether oxygens (including phenoxy) is 3. The fraction of sp³-hybridized carbons (Fsp3) is 0.346. The Balaban J connectivity index is 1.48. The molecule has 0 atom stereocenters. The number of aryl methyl sites for hydroxylation is 1. The van der Waals surface area contributed by atoms with E-state index in [2.05, 4.69) is 4.90 Å². The number of fused-ring (bicyclic) bond motifs is 1. The number of nitrogens with zero attached hydrogens (tertiary/aromatic N) is 4. The summed E-state index contributed by atoms with van der Waals surface area (Å²) in [4.78, 5) is 26.7. The van der Waals surface area contributed by atoms with Crippen LogP contribution in [-0.4, -0.2) is 60.7 Å². The first-order valence-corrected chi connectivity index (χ1v) is 11.6. The van der Waals surface area contributed by atoms with E-state index in [9.17, 15) is 9.18 Å². The SMILES string of the molecule is COc1cccc(C(=O)N2CCc3nc(N4CCOCC4)nc(Oc4ccc(F)c(C)c4)c3C2)c1. The molecule has 1 aromatic heterocycles. The van der Waals surface area contributed by atoms with Gasteiger partial charge in [0.2, 0.25) is 11.8 Å². The van der Waals surface area contributed by atoms with Crippen LogP contribution in [0.1, 0.15) is 27.2 Å². The third kappa shape index (κ3) is 4.90. The van der Waals surface area contributed by atoms with Gasteiger partial charge in [-0.2, -0.15) is 4.98 Å². The summed E-state index contributed by atoms with van der Waals surface area (Å²) in [5.74, 6) is 1.66. The van der Waals surface area contributed by atoms with Gasteiger partial charge in [-0.1, -0.05) is 6.07 Å². The Morgan fingerprint density at radius 1 is 1.06 bits per heavy atom. The molecule has 0 N–H and O–H groups in total. The minimum Gasteiger partial charge on any atom is -0.497 e. The van der Waals surface area contributed by atoms with E-state index >= 15 is 0 Å². The number of morpholine rings is 1. The molecule has 1 saturated heterocycles. The number of hydrogen-bond acceptors (Lipinski definition) is 7. The second kappa shape index (κ2) is 9.87. The molecule has 0 spiro atoms. The zero-order valence-corrected chi connectivity index (χ0v) is 19.8. The molecule has 8 nitrogen and oxygen atoms in total. The standard InChI is InChI=1S/C26H27FN4O4/c1-17-14-20(6-7-22(17)27)35-24-21-16-31(25(32)18-4-3-5-19(15-18)33-2)9-8-23(21)28-26(29-24)30-10-12-34-13-11-30/h3-7,14-15H,8-13,16H2,1-2H3. The molecule has 1 fully saturated rings. The van der Waals surface area contributed by atoms with Crippen molar-refractivity contribution in [2.45, 2.75) is 19.9 Å². The maximum Gasteiger partial charge on any atom is 0.254 e. The van der Waals surface area contributed by atoms with Crippen LogP contribution in [0.5, 0.6) is 17.4 Å². The summed E-state index contributed by atoms with van der Waals surface area (Å²) in [6.07, 6.45) is 0.573. The van der Waals surface area contributed by atoms with Gasteiger partial charge in [0.1, 0.15) is 17.3 Å². The summed E-state index contributed by atoms with van der Waals surface area (Å²) in [5.41, 5.74) is 2.64. The van der Waals surface area contributed by atoms with Crippen molar-refractivity contribution >= 4 is 11.9 Å². The third-order valence-electron chi connectivity index (χ3n) is 6.25. The minimum absolute atomic E-state index is 0.101.